The minimum Gasteiger partial charge on any atom is -0.396 e. The van der Waals surface area contributed by atoms with Crippen LogP contribution in [0.15, 0.2) is 24.3 Å². The van der Waals surface area contributed by atoms with Crippen molar-refractivity contribution in [3.8, 4) is 0 Å². The maximum Gasteiger partial charge on any atom is 0.247 e. The highest BCUT2D eigenvalue weighted by Crippen LogP contribution is 2.61. The molecule has 0 saturated carbocycles. The Hall–Kier alpha value is -1.80. The Kier molecular flexibility index (Phi) is 7.24. The van der Waals surface area contributed by atoms with E-state index in [1.54, 1.807) is 16.7 Å². The van der Waals surface area contributed by atoms with E-state index in [4.69, 9.17) is 5.11 Å². The number of hydrogen-bond acceptors (Lipinski definition) is 5. The molecule has 33 heavy (non-hydrogen) atoms. The van der Waals surface area contributed by atoms with Crippen molar-refractivity contribution in [2.75, 3.05) is 32.8 Å². The second-order valence-electron chi connectivity index (χ2n) is 9.86. The van der Waals surface area contributed by atoms with E-state index in [0.717, 1.165) is 19.3 Å². The van der Waals surface area contributed by atoms with Gasteiger partial charge in [0.1, 0.15) is 6.04 Å². The lowest BCUT2D eigenvalue weighted by molar-refractivity contribution is -0.144. The van der Waals surface area contributed by atoms with Gasteiger partial charge < -0.3 is 19.8 Å². The fourth-order valence-electron chi connectivity index (χ4n) is 5.95. The summed E-state index contributed by atoms with van der Waals surface area (Å²) in [6.45, 7) is 8.45. The molecule has 4 rings (SSSR count). The second kappa shape index (κ2) is 9.82. The van der Waals surface area contributed by atoms with Gasteiger partial charge in [-0.25, -0.2) is 0 Å². The molecule has 4 heterocycles. The summed E-state index contributed by atoms with van der Waals surface area (Å²) in [5.41, 5.74) is 0. The average molecular weight is 476 g/mol. The van der Waals surface area contributed by atoms with Crippen LogP contribution in [0.2, 0.25) is 0 Å². The molecular weight excluding hydrogens is 438 g/mol. The number of thioether (sulfide) groups is 1. The summed E-state index contributed by atoms with van der Waals surface area (Å²) >= 11 is 1.64. The van der Waals surface area contributed by atoms with Gasteiger partial charge in [-0.2, -0.15) is 0 Å². The summed E-state index contributed by atoms with van der Waals surface area (Å²) in [6.07, 6.45) is 11.3. The molecule has 0 aliphatic carbocycles. The third-order valence-electron chi connectivity index (χ3n) is 7.45. The average Bonchev–Trinajstić information content (AvgIpc) is 3.09. The molecule has 4 aliphatic heterocycles. The van der Waals surface area contributed by atoms with Crippen molar-refractivity contribution in [3.05, 3.63) is 24.3 Å². The molecule has 1 N–H and O–H groups in total. The molecular formula is C25H37N3O4S. The molecule has 5 atom stereocenters. The number of carbonyl (C=O) groups is 3. The zero-order chi connectivity index (χ0) is 23.8. The molecule has 182 valence electrons. The smallest absolute Gasteiger partial charge is 0.247 e. The highest BCUT2D eigenvalue weighted by Gasteiger charge is 2.70. The molecule has 4 aliphatic rings. The Balaban J connectivity index is 1.75. The number of amides is 3. The maximum absolute atomic E-state index is 14.0. The van der Waals surface area contributed by atoms with Crippen molar-refractivity contribution in [2.24, 2.45) is 11.8 Å². The Morgan fingerprint density at radius 2 is 1.85 bits per heavy atom. The van der Waals surface area contributed by atoms with E-state index >= 15 is 0 Å². The van der Waals surface area contributed by atoms with Crippen molar-refractivity contribution in [2.45, 2.75) is 68.5 Å². The number of fused-ring (bicyclic) bond motifs is 2. The summed E-state index contributed by atoms with van der Waals surface area (Å²) in [5.74, 6) is -1.01. The highest BCUT2D eigenvalue weighted by atomic mass is 32.2. The van der Waals surface area contributed by atoms with Crippen LogP contribution < -0.4 is 0 Å². The third kappa shape index (κ3) is 4.03. The largest absolute Gasteiger partial charge is 0.396 e. The van der Waals surface area contributed by atoms with E-state index in [0.29, 0.717) is 32.6 Å². The monoisotopic (exact) mass is 475 g/mol. The number of unbranched alkanes of at least 4 members (excludes halogenated alkanes) is 2. The van der Waals surface area contributed by atoms with E-state index in [1.807, 2.05) is 29.7 Å². The van der Waals surface area contributed by atoms with Crippen LogP contribution >= 0.6 is 11.8 Å². The summed E-state index contributed by atoms with van der Waals surface area (Å²) in [7, 11) is 0. The number of likely N-dealkylation sites (tertiary alicyclic amines) is 1. The lowest BCUT2D eigenvalue weighted by Gasteiger charge is -2.36. The van der Waals surface area contributed by atoms with Crippen LogP contribution in [0.25, 0.3) is 0 Å². The van der Waals surface area contributed by atoms with Gasteiger partial charge in [0, 0.05) is 44.1 Å². The van der Waals surface area contributed by atoms with Crippen molar-refractivity contribution in [1.82, 2.24) is 14.7 Å². The summed E-state index contributed by atoms with van der Waals surface area (Å²) in [5, 5.41) is 9.05. The van der Waals surface area contributed by atoms with Crippen molar-refractivity contribution >= 4 is 29.5 Å². The molecule has 8 heteroatoms. The fraction of sp³-hybridized carbons (Fsp3) is 0.720. The number of aliphatic hydroxyl groups is 1. The van der Waals surface area contributed by atoms with Crippen LogP contribution in [-0.4, -0.2) is 92.4 Å². The van der Waals surface area contributed by atoms with Gasteiger partial charge in [0.15, 0.2) is 0 Å². The fourth-order valence-corrected chi connectivity index (χ4v) is 7.96. The van der Waals surface area contributed by atoms with E-state index in [2.05, 4.69) is 25.2 Å². The molecule has 0 bridgehead atoms. The topological polar surface area (TPSA) is 81.2 Å². The number of hydrogen-bond donors (Lipinski definition) is 1. The van der Waals surface area contributed by atoms with Crippen LogP contribution in [0, 0.1) is 11.8 Å². The first-order chi connectivity index (χ1) is 15.9. The molecule has 2 fully saturated rings. The van der Waals surface area contributed by atoms with Gasteiger partial charge in [0.25, 0.3) is 0 Å². The van der Waals surface area contributed by atoms with Crippen LogP contribution in [0.1, 0.15) is 46.5 Å². The first-order valence-corrected chi connectivity index (χ1v) is 13.3. The van der Waals surface area contributed by atoms with E-state index in [-0.39, 0.29) is 35.6 Å². The van der Waals surface area contributed by atoms with Crippen molar-refractivity contribution < 1.29 is 19.5 Å². The van der Waals surface area contributed by atoms with Gasteiger partial charge in [-0.15, -0.1) is 11.8 Å². The Labute approximate surface area is 201 Å². The molecule has 2 saturated heterocycles. The molecule has 1 spiro atoms. The summed E-state index contributed by atoms with van der Waals surface area (Å²) < 4.78 is -0.723. The Morgan fingerprint density at radius 1 is 1.06 bits per heavy atom. The number of aliphatic hydroxyl groups excluding tert-OH is 1. The molecule has 0 radical (unpaired) electrons. The quantitative estimate of drug-likeness (QED) is 0.429. The molecule has 0 aromatic rings. The third-order valence-corrected chi connectivity index (χ3v) is 9.19. The Morgan fingerprint density at radius 3 is 2.55 bits per heavy atom. The van der Waals surface area contributed by atoms with Gasteiger partial charge in [0.05, 0.1) is 16.6 Å². The molecule has 0 aromatic carbocycles. The van der Waals surface area contributed by atoms with E-state index in [9.17, 15) is 14.4 Å². The second-order valence-corrected chi connectivity index (χ2v) is 11.3. The first kappa shape index (κ1) is 24.3. The number of nitrogens with zero attached hydrogens (tertiary/aromatic N) is 3. The molecule has 0 aromatic heterocycles. The maximum atomic E-state index is 14.0. The minimum absolute atomic E-state index is 0.0150. The van der Waals surface area contributed by atoms with E-state index < -0.39 is 22.6 Å². The molecule has 7 nitrogen and oxygen atoms in total. The number of carbonyl (C=O) groups excluding carboxylic acids is 3. The van der Waals surface area contributed by atoms with Crippen LogP contribution in [-0.2, 0) is 14.4 Å². The number of rotatable bonds is 8. The molecule has 1 unspecified atom stereocenters. The standard InChI is InChI=1S/C25H37N3O4S/c1-4-12-26-13-8-10-18-19(22(26)30)20-23(31)28(14-6-5-7-16-29)21-24(32)27(17(2)3)15-9-11-25(20,21)33-18/h8-11,17-21,29H,4-7,12-16H2,1-3H3/t18-,19+,20-,21?,25-/m0/s1. The van der Waals surface area contributed by atoms with Gasteiger partial charge in [-0.3, -0.25) is 14.4 Å². The normalized spacial score (nSPS) is 33.5. The lowest BCUT2D eigenvalue weighted by atomic mass is 9.78. The predicted octanol–water partition coefficient (Wildman–Crippen LogP) is 2.06. The van der Waals surface area contributed by atoms with E-state index in [1.165, 1.54) is 0 Å². The minimum atomic E-state index is -0.723. The van der Waals surface area contributed by atoms with Gasteiger partial charge in [-0.1, -0.05) is 31.2 Å². The van der Waals surface area contributed by atoms with Crippen LogP contribution in [0.4, 0.5) is 0 Å². The van der Waals surface area contributed by atoms with Gasteiger partial charge in [-0.05, 0) is 39.5 Å². The SMILES string of the molecule is CCCN1CC=C[C@@H]2S[C@]34C=CCN(C(C)C)C(=O)C3N(CCCCCO)C(=O)[C@@H]4[C@@H]2C1=O. The van der Waals surface area contributed by atoms with Crippen LogP contribution in [0.5, 0.6) is 0 Å². The highest BCUT2D eigenvalue weighted by molar-refractivity contribution is 8.02. The van der Waals surface area contributed by atoms with Gasteiger partial charge >= 0.3 is 0 Å². The van der Waals surface area contributed by atoms with Crippen molar-refractivity contribution in [1.29, 1.82) is 0 Å². The zero-order valence-corrected chi connectivity index (χ0v) is 20.8. The summed E-state index contributed by atoms with van der Waals surface area (Å²) in [6, 6.07) is -0.566. The first-order valence-electron chi connectivity index (χ1n) is 12.4. The van der Waals surface area contributed by atoms with Gasteiger partial charge in [0.2, 0.25) is 17.7 Å². The van der Waals surface area contributed by atoms with Crippen LogP contribution in [0.3, 0.4) is 0 Å². The zero-order valence-electron chi connectivity index (χ0n) is 20.0. The Bertz CT molecular complexity index is 844. The molecule has 3 amide bonds. The van der Waals surface area contributed by atoms with Crippen molar-refractivity contribution in [3.63, 3.8) is 0 Å². The lowest BCUT2D eigenvalue weighted by Crippen LogP contribution is -2.54. The predicted molar refractivity (Wildman–Crippen MR) is 130 cm³/mol. The summed E-state index contributed by atoms with van der Waals surface area (Å²) in [4.78, 5) is 47.1.